The van der Waals surface area contributed by atoms with Crippen molar-refractivity contribution in [2.75, 3.05) is 51.0 Å². The van der Waals surface area contributed by atoms with Gasteiger partial charge in [-0.15, -0.1) is 0 Å². The van der Waals surface area contributed by atoms with E-state index in [1.807, 2.05) is 12.1 Å². The fourth-order valence-corrected chi connectivity index (χ4v) is 6.62. The first-order chi connectivity index (χ1) is 21.7. The molecule has 10 heteroatoms. The van der Waals surface area contributed by atoms with Crippen molar-refractivity contribution in [1.82, 2.24) is 14.8 Å². The number of nitrogens with one attached hydrogen (secondary N) is 3. The van der Waals surface area contributed by atoms with E-state index in [0.29, 0.717) is 34.3 Å². The van der Waals surface area contributed by atoms with E-state index >= 15 is 0 Å². The fourth-order valence-electron chi connectivity index (χ4n) is 6.62. The van der Waals surface area contributed by atoms with Crippen LogP contribution in [0.25, 0.3) is 10.9 Å². The van der Waals surface area contributed by atoms with Crippen LogP contribution < -0.4 is 20.7 Å². The minimum atomic E-state index is -4.39. The first kappa shape index (κ1) is 32.6. The number of hydrogen-bond acceptors (Lipinski definition) is 5. The summed E-state index contributed by atoms with van der Waals surface area (Å²) in [6.07, 6.45) is 5.36. The number of rotatable bonds is 10. The molecule has 1 saturated heterocycles. The van der Waals surface area contributed by atoms with Gasteiger partial charge in [-0.2, -0.15) is 13.2 Å². The second-order valence-electron chi connectivity index (χ2n) is 12.2. The summed E-state index contributed by atoms with van der Waals surface area (Å²) in [6, 6.07) is 12.6. The van der Waals surface area contributed by atoms with Crippen molar-refractivity contribution in [3.63, 3.8) is 0 Å². The van der Waals surface area contributed by atoms with E-state index in [1.54, 1.807) is 37.4 Å². The third-order valence-corrected chi connectivity index (χ3v) is 9.07. The van der Waals surface area contributed by atoms with Gasteiger partial charge in [-0.1, -0.05) is 18.4 Å². The number of fused-ring (bicyclic) bond motifs is 1. The summed E-state index contributed by atoms with van der Waals surface area (Å²) in [6.45, 7) is 2.73. The lowest BCUT2D eigenvalue weighted by molar-refractivity contribution is -0.140. The van der Waals surface area contributed by atoms with Gasteiger partial charge in [0.25, 0.3) is 5.91 Å². The zero-order valence-corrected chi connectivity index (χ0v) is 26.2. The van der Waals surface area contributed by atoms with Crippen molar-refractivity contribution >= 4 is 28.2 Å². The first-order valence-corrected chi connectivity index (χ1v) is 16.0. The first-order valence-electron chi connectivity index (χ1n) is 16.0. The number of amides is 1. The molecule has 3 aromatic rings. The largest absolute Gasteiger partial charge is 0.495 e. The fraction of sp³-hybridized carbons (Fsp3) is 0.514. The number of alkyl halides is 3. The molecule has 1 saturated carbocycles. The maximum atomic E-state index is 13.7. The number of carbonyl (C=O) groups is 1. The van der Waals surface area contributed by atoms with Crippen LogP contribution >= 0.6 is 0 Å². The Kier molecular flexibility index (Phi) is 10.8. The molecular formula is C35H44F3N5O2. The van der Waals surface area contributed by atoms with Crippen molar-refractivity contribution in [3.05, 3.63) is 53.7 Å². The van der Waals surface area contributed by atoms with Crippen LogP contribution in [0.5, 0.6) is 5.75 Å². The number of halogens is 3. The molecule has 0 spiro atoms. The molecule has 0 atom stereocenters. The van der Waals surface area contributed by atoms with E-state index in [1.165, 1.54) is 69.8 Å². The summed E-state index contributed by atoms with van der Waals surface area (Å²) >= 11 is 0. The van der Waals surface area contributed by atoms with E-state index in [2.05, 4.69) is 32.7 Å². The summed E-state index contributed by atoms with van der Waals surface area (Å²) in [5.41, 5.74) is 2.75. The van der Waals surface area contributed by atoms with Gasteiger partial charge in [0.05, 0.1) is 30.6 Å². The summed E-state index contributed by atoms with van der Waals surface area (Å²) in [5.74, 6) is 6.92. The molecule has 0 bridgehead atoms. The van der Waals surface area contributed by atoms with Gasteiger partial charge in [0.1, 0.15) is 12.3 Å². The molecule has 1 aliphatic heterocycles. The number of piperidine rings is 1. The lowest BCUT2D eigenvalue weighted by Gasteiger charge is -2.32. The number of benzene rings is 2. The van der Waals surface area contributed by atoms with Crippen molar-refractivity contribution in [2.45, 2.75) is 70.1 Å². The Balaban J connectivity index is 1.26. The zero-order valence-electron chi connectivity index (χ0n) is 26.2. The van der Waals surface area contributed by atoms with Crippen LogP contribution in [-0.2, 0) is 6.54 Å². The molecule has 1 amide bonds. The number of anilines is 2. The maximum Gasteiger partial charge on any atom is 0.406 e. The quantitative estimate of drug-likeness (QED) is 0.215. The summed E-state index contributed by atoms with van der Waals surface area (Å²) in [7, 11) is 3.06. The number of carbonyl (C=O) groups excluding carboxylic acids is 1. The second-order valence-corrected chi connectivity index (χ2v) is 12.2. The molecule has 2 fully saturated rings. The van der Waals surface area contributed by atoms with Gasteiger partial charge in [0.2, 0.25) is 0 Å². The highest BCUT2D eigenvalue weighted by atomic mass is 19.4. The Morgan fingerprint density at radius 3 is 2.51 bits per heavy atom. The normalized spacial score (nSPS) is 19.0. The average Bonchev–Trinajstić information content (AvgIpc) is 3.39. The SMILES string of the molecule is CNC(=O)c1ccc(NCC#Cc2cc3c(NC4CCC(CCN5CCCCC5)CC4)cccc3n2CC(F)(F)F)c(OC)c1. The molecular weight excluding hydrogens is 579 g/mol. The Morgan fingerprint density at radius 2 is 1.80 bits per heavy atom. The van der Waals surface area contributed by atoms with E-state index in [-0.39, 0.29) is 12.5 Å². The van der Waals surface area contributed by atoms with Crippen molar-refractivity contribution in [1.29, 1.82) is 0 Å². The Hall–Kier alpha value is -3.84. The highest BCUT2D eigenvalue weighted by Gasteiger charge is 2.30. The Labute approximate surface area is 263 Å². The van der Waals surface area contributed by atoms with Crippen LogP contribution in [0, 0.1) is 17.8 Å². The minimum Gasteiger partial charge on any atom is -0.495 e. The number of nitrogens with zero attached hydrogens (tertiary/aromatic N) is 2. The highest BCUT2D eigenvalue weighted by Crippen LogP contribution is 2.34. The van der Waals surface area contributed by atoms with Crippen LogP contribution in [0.15, 0.2) is 42.5 Å². The van der Waals surface area contributed by atoms with E-state index in [4.69, 9.17) is 4.74 Å². The van der Waals surface area contributed by atoms with Crippen LogP contribution in [-0.4, -0.2) is 67.9 Å². The lowest BCUT2D eigenvalue weighted by Crippen LogP contribution is -2.33. The van der Waals surface area contributed by atoms with Gasteiger partial charge >= 0.3 is 6.18 Å². The van der Waals surface area contributed by atoms with Crippen LogP contribution in [0.3, 0.4) is 0 Å². The molecule has 1 aromatic heterocycles. The van der Waals surface area contributed by atoms with E-state index in [0.717, 1.165) is 29.8 Å². The molecule has 5 rings (SSSR count). The molecule has 2 aliphatic rings. The van der Waals surface area contributed by atoms with Crippen molar-refractivity contribution in [3.8, 4) is 17.6 Å². The zero-order chi connectivity index (χ0) is 31.8. The molecule has 3 N–H and O–H groups in total. The van der Waals surface area contributed by atoms with Gasteiger partial charge in [0.15, 0.2) is 0 Å². The Morgan fingerprint density at radius 1 is 1.02 bits per heavy atom. The standard InChI is InChI=1S/C35H44F3N5O2/c1-39-34(44)26-13-16-31(33(22-26)45-2)40-18-7-8-28-23-29-30(9-6-10-32(29)43(28)24-35(36,37)38)41-27-14-11-25(12-15-27)17-21-42-19-4-3-5-20-42/h6,9-10,13,16,22-23,25,27,40-41H,3-5,11-12,14-15,17-21,24H2,1-2H3,(H,39,44). The number of aromatic nitrogens is 1. The molecule has 0 unspecified atom stereocenters. The molecule has 242 valence electrons. The molecule has 2 aromatic carbocycles. The predicted octanol–water partition coefficient (Wildman–Crippen LogP) is 6.88. The van der Waals surface area contributed by atoms with E-state index in [9.17, 15) is 18.0 Å². The van der Waals surface area contributed by atoms with Crippen LogP contribution in [0.2, 0.25) is 0 Å². The van der Waals surface area contributed by atoms with Gasteiger partial charge in [-0.05, 0) is 113 Å². The molecule has 7 nitrogen and oxygen atoms in total. The number of ether oxygens (including phenoxy) is 1. The van der Waals surface area contributed by atoms with Crippen LogP contribution in [0.4, 0.5) is 24.5 Å². The topological polar surface area (TPSA) is 70.6 Å². The number of hydrogen-bond donors (Lipinski definition) is 3. The molecule has 2 heterocycles. The minimum absolute atomic E-state index is 0.176. The average molecular weight is 624 g/mol. The lowest BCUT2D eigenvalue weighted by atomic mass is 9.84. The third-order valence-electron chi connectivity index (χ3n) is 9.07. The molecule has 1 aliphatic carbocycles. The maximum absolute atomic E-state index is 13.7. The molecule has 45 heavy (non-hydrogen) atoms. The van der Waals surface area contributed by atoms with Gasteiger partial charge in [-0.25, -0.2) is 0 Å². The highest BCUT2D eigenvalue weighted by molar-refractivity contribution is 5.95. The second kappa shape index (κ2) is 15.0. The van der Waals surface area contributed by atoms with Gasteiger partial charge in [-0.3, -0.25) is 4.79 Å². The monoisotopic (exact) mass is 623 g/mol. The number of likely N-dealkylation sites (tertiary alicyclic amines) is 1. The Bertz CT molecular complexity index is 1510. The van der Waals surface area contributed by atoms with Gasteiger partial charge < -0.3 is 30.2 Å². The van der Waals surface area contributed by atoms with Crippen molar-refractivity contribution < 1.29 is 22.7 Å². The molecule has 0 radical (unpaired) electrons. The van der Waals surface area contributed by atoms with Crippen LogP contribution in [0.1, 0.15) is 67.4 Å². The number of methoxy groups -OCH3 is 1. The predicted molar refractivity (Wildman–Crippen MR) is 174 cm³/mol. The summed E-state index contributed by atoms with van der Waals surface area (Å²) in [5, 5.41) is 10.1. The van der Waals surface area contributed by atoms with Crippen molar-refractivity contribution in [2.24, 2.45) is 5.92 Å². The summed E-state index contributed by atoms with van der Waals surface area (Å²) in [4.78, 5) is 14.6. The smallest absolute Gasteiger partial charge is 0.406 e. The van der Waals surface area contributed by atoms with Gasteiger partial charge in [0, 0.05) is 29.7 Å². The third kappa shape index (κ3) is 8.66. The van der Waals surface area contributed by atoms with E-state index < -0.39 is 12.7 Å². The summed E-state index contributed by atoms with van der Waals surface area (Å²) < 4.78 is 47.7.